The molecule has 0 aromatic rings. The molecule has 83 heavy (non-hydrogen) atoms. The van der Waals surface area contributed by atoms with Crippen molar-refractivity contribution >= 4 is 0 Å². The molecule has 11 aliphatic rings. The summed E-state index contributed by atoms with van der Waals surface area (Å²) in [6, 6.07) is 0. The minimum Gasteiger partial charge on any atom is -0.394 e. The van der Waals surface area contributed by atoms with E-state index in [1.807, 2.05) is 0 Å². The van der Waals surface area contributed by atoms with Crippen LogP contribution in [0.25, 0.3) is 0 Å². The van der Waals surface area contributed by atoms with E-state index in [2.05, 4.69) is 27.7 Å². The van der Waals surface area contributed by atoms with Crippen molar-refractivity contribution in [2.24, 2.45) is 52.3 Å². The van der Waals surface area contributed by atoms with Crippen LogP contribution in [-0.2, 0) is 56.8 Å². The molecule has 7 aliphatic heterocycles. The highest BCUT2D eigenvalue weighted by Crippen LogP contribution is 2.71. The lowest BCUT2D eigenvalue weighted by atomic mass is 9.44. The third-order valence-corrected chi connectivity index (χ3v) is 22.1. The summed E-state index contributed by atoms with van der Waals surface area (Å²) in [6.07, 6.45) is -34.3. The van der Waals surface area contributed by atoms with Gasteiger partial charge in [-0.25, -0.2) is 0 Å². The molecule has 0 aromatic heterocycles. The van der Waals surface area contributed by atoms with Crippen LogP contribution in [0.15, 0.2) is 0 Å². The Morgan fingerprint density at radius 3 is 1.61 bits per heavy atom. The van der Waals surface area contributed by atoms with Crippen LogP contribution < -0.4 is 0 Å². The van der Waals surface area contributed by atoms with Crippen molar-refractivity contribution in [2.45, 2.75) is 257 Å². The lowest BCUT2D eigenvalue weighted by Gasteiger charge is -2.61. The number of aliphatic hydroxyl groups is 15. The Labute approximate surface area is 481 Å². The predicted octanol–water partition coefficient (Wildman–Crippen LogP) is -4.45. The maximum Gasteiger partial charge on any atom is 0.187 e. The molecule has 0 unspecified atom stereocenters. The molecule has 11 fully saturated rings. The lowest BCUT2D eigenvalue weighted by molar-refractivity contribution is -0.409. The van der Waals surface area contributed by atoms with Gasteiger partial charge in [0.15, 0.2) is 37.2 Å². The number of ether oxygens (including phenoxy) is 12. The van der Waals surface area contributed by atoms with Crippen LogP contribution in [-0.4, -0.2) is 282 Å². The van der Waals surface area contributed by atoms with Gasteiger partial charge in [-0.2, -0.15) is 0 Å². The van der Waals surface area contributed by atoms with Crippen molar-refractivity contribution in [1.29, 1.82) is 0 Å². The van der Waals surface area contributed by atoms with E-state index < -0.39 is 186 Å². The second-order valence-corrected chi connectivity index (χ2v) is 26.7. The molecular weight excluding hydrogens is 1100 g/mol. The van der Waals surface area contributed by atoms with E-state index in [1.165, 1.54) is 0 Å². The van der Waals surface area contributed by atoms with E-state index in [0.717, 1.165) is 58.0 Å². The van der Waals surface area contributed by atoms with E-state index in [-0.39, 0.29) is 23.0 Å². The summed E-state index contributed by atoms with van der Waals surface area (Å²) in [5.74, 6) is 2.84. The van der Waals surface area contributed by atoms with Crippen molar-refractivity contribution in [3.05, 3.63) is 0 Å². The van der Waals surface area contributed by atoms with E-state index in [4.69, 9.17) is 56.8 Å². The van der Waals surface area contributed by atoms with E-state index in [1.54, 1.807) is 0 Å². The Morgan fingerprint density at radius 2 is 0.988 bits per heavy atom. The zero-order valence-electron chi connectivity index (χ0n) is 47.5. The van der Waals surface area contributed by atoms with Gasteiger partial charge < -0.3 is 133 Å². The van der Waals surface area contributed by atoms with Crippen LogP contribution in [0.5, 0.6) is 0 Å². The third-order valence-electron chi connectivity index (χ3n) is 22.1. The maximum atomic E-state index is 12.0. The summed E-state index contributed by atoms with van der Waals surface area (Å²) in [6.45, 7) is 6.19. The number of hydrogen-bond donors (Lipinski definition) is 15. The van der Waals surface area contributed by atoms with E-state index in [0.29, 0.717) is 54.3 Å². The predicted molar refractivity (Wildman–Crippen MR) is 275 cm³/mol. The monoisotopic (exact) mass is 1200 g/mol. The van der Waals surface area contributed by atoms with Crippen LogP contribution in [0.2, 0.25) is 0 Å². The van der Waals surface area contributed by atoms with Gasteiger partial charge in [-0.15, -0.1) is 0 Å². The van der Waals surface area contributed by atoms with Crippen molar-refractivity contribution in [3.63, 3.8) is 0 Å². The zero-order valence-corrected chi connectivity index (χ0v) is 47.5. The molecule has 4 saturated carbocycles. The summed E-state index contributed by atoms with van der Waals surface area (Å²) in [7, 11) is 0. The lowest BCUT2D eigenvalue weighted by Crippen LogP contribution is -2.69. The molecule has 1 spiro atoms. The molecule has 7 heterocycles. The maximum absolute atomic E-state index is 12.0. The molecule has 7 saturated heterocycles. The SMILES string of the molecule is C[C@H]1CC[C@@]2(OC1)O[C@H]1C[C@H]3[C@@H]4CC[C@H]5C[C@@H](O[C@@H]6O[C@H](CO)[C@H](O[C@@H]7O[C@H](CO)[C@@H](O)[C@H](O[C@@H]8O[C@H](CO)[C@@H](O[C@@H]9OC[C@@H](O)[C@H](O)[C@H]9O)[C@H](O)[C@H]8O)[C@H]7O[C@@H]7O[C@H](CO)[C@@H](O)[C@H](O)[C@H]7O)[C@H](O)[C@H]6O)CC[C@]5(C)[C@H]4CC[C@]3(C)[C@H]1[C@@H]2C. The minimum atomic E-state index is -2.15. The minimum absolute atomic E-state index is 0.0518. The Kier molecular flexibility index (Phi) is 19.1. The van der Waals surface area contributed by atoms with Gasteiger partial charge in [0.1, 0.15) is 116 Å². The zero-order chi connectivity index (χ0) is 59.4. The summed E-state index contributed by atoms with van der Waals surface area (Å²) in [4.78, 5) is 0. The molecule has 0 aromatic carbocycles. The van der Waals surface area contributed by atoms with Crippen molar-refractivity contribution in [3.8, 4) is 0 Å². The van der Waals surface area contributed by atoms with Crippen molar-refractivity contribution in [1.82, 2.24) is 0 Å². The number of hydrogen-bond acceptors (Lipinski definition) is 27. The first-order chi connectivity index (χ1) is 39.5. The highest BCUT2D eigenvalue weighted by Gasteiger charge is 2.70. The molecule has 11 rings (SSSR count). The molecule has 4 aliphatic carbocycles. The fourth-order valence-corrected chi connectivity index (χ4v) is 17.4. The van der Waals surface area contributed by atoms with Gasteiger partial charge in [-0.3, -0.25) is 0 Å². The highest BCUT2D eigenvalue weighted by atomic mass is 16.8. The third kappa shape index (κ3) is 11.2. The average Bonchev–Trinajstić information content (AvgIpc) is 2.54. The Hall–Kier alpha value is -1.08. The summed E-state index contributed by atoms with van der Waals surface area (Å²) in [5, 5.41) is 164. The quantitative estimate of drug-likeness (QED) is 0.0730. The van der Waals surface area contributed by atoms with Crippen molar-refractivity contribution in [2.75, 3.05) is 39.6 Å². The van der Waals surface area contributed by atoms with Crippen LogP contribution in [0, 0.1) is 52.3 Å². The van der Waals surface area contributed by atoms with Crippen LogP contribution in [0.3, 0.4) is 0 Å². The second-order valence-electron chi connectivity index (χ2n) is 26.7. The fraction of sp³-hybridized carbons (Fsp3) is 1.00. The van der Waals surface area contributed by atoms with E-state index >= 15 is 0 Å². The molecule has 0 radical (unpaired) electrons. The Morgan fingerprint density at radius 1 is 0.446 bits per heavy atom. The van der Waals surface area contributed by atoms with Gasteiger partial charge in [-0.1, -0.05) is 27.7 Å². The van der Waals surface area contributed by atoms with Crippen LogP contribution in [0.1, 0.15) is 91.9 Å². The Balaban J connectivity index is 0.772. The molecule has 15 N–H and O–H groups in total. The second kappa shape index (κ2) is 25.0. The number of rotatable bonds is 14. The van der Waals surface area contributed by atoms with E-state index in [9.17, 15) is 76.6 Å². The fourth-order valence-electron chi connectivity index (χ4n) is 17.4. The summed E-state index contributed by atoms with van der Waals surface area (Å²) >= 11 is 0. The smallest absolute Gasteiger partial charge is 0.187 e. The van der Waals surface area contributed by atoms with Gasteiger partial charge >= 0.3 is 0 Å². The standard InChI is InChI=1S/C56H92O27/c1-21-7-12-56(73-19-21)22(2)34-29(83-56)14-27-25-6-5-23-13-24(8-10-54(23,3)26(25)9-11-55(27,34)4)74-50-43(70)39(66)46(33(18-60)77-50)80-53-48(82-51-42(69)38(65)36(63)30(15-57)75-51)47(37(64)31(16-58)76-53)81-52-44(71)40(67)45(32(17-59)78-52)79-49-41(68)35(62)28(61)20-72-49/h21-53,57-71H,5-20H2,1-4H3/t21-,22-,23-,24-,25+,26-,27-,28+,29-,30+,31+,32+,33+,34-,35-,36+,37+,38-,39+,40+,41+,42+,43+,44+,45+,46-,47-,48+,49-,50+,51-,52-,53-,54-,55-,56+/m0/s1. The normalized spacial score (nSPS) is 57.4. The van der Waals surface area contributed by atoms with Gasteiger partial charge in [0.25, 0.3) is 0 Å². The Bertz CT molecular complexity index is 2140. The first kappa shape index (κ1) is 63.5. The molecule has 478 valence electrons. The van der Waals surface area contributed by atoms with Gasteiger partial charge in [0.05, 0.1) is 51.8 Å². The van der Waals surface area contributed by atoms with Crippen LogP contribution in [0.4, 0.5) is 0 Å². The molecule has 0 bridgehead atoms. The largest absolute Gasteiger partial charge is 0.394 e. The highest BCUT2D eigenvalue weighted by molar-refractivity contribution is 5.16. The first-order valence-corrected chi connectivity index (χ1v) is 30.3. The topological polar surface area (TPSA) is 414 Å². The van der Waals surface area contributed by atoms with Gasteiger partial charge in [0.2, 0.25) is 0 Å². The molecule has 27 heteroatoms. The van der Waals surface area contributed by atoms with Crippen molar-refractivity contribution < 1.29 is 133 Å². The van der Waals surface area contributed by atoms with Crippen LogP contribution >= 0.6 is 0 Å². The molecule has 36 atom stereocenters. The van der Waals surface area contributed by atoms with Gasteiger partial charge in [-0.05, 0) is 104 Å². The molecular formula is C56H92O27. The molecule has 27 nitrogen and oxygen atoms in total. The summed E-state index contributed by atoms with van der Waals surface area (Å²) in [5.41, 5.74) is 0.224. The average molecular weight is 1200 g/mol. The number of fused-ring (bicyclic) bond motifs is 7. The van der Waals surface area contributed by atoms with Gasteiger partial charge in [0, 0.05) is 12.3 Å². The number of aliphatic hydroxyl groups excluding tert-OH is 15. The first-order valence-electron chi connectivity index (χ1n) is 30.3. The molecule has 0 amide bonds. The summed E-state index contributed by atoms with van der Waals surface area (Å²) < 4.78 is 73.2.